The van der Waals surface area contributed by atoms with E-state index in [-0.39, 0.29) is 22.8 Å². The number of benzene rings is 2. The van der Waals surface area contributed by atoms with Crippen molar-refractivity contribution in [2.45, 2.75) is 19.0 Å². The number of nitriles is 1. The van der Waals surface area contributed by atoms with E-state index in [1.807, 2.05) is 9.80 Å². The molecule has 9 heteroatoms. The van der Waals surface area contributed by atoms with Crippen molar-refractivity contribution in [1.29, 1.82) is 5.26 Å². The Hall–Kier alpha value is -3.25. The predicted molar refractivity (Wildman–Crippen MR) is 124 cm³/mol. The number of hydrogen-bond donors (Lipinski definition) is 0. The van der Waals surface area contributed by atoms with Gasteiger partial charge in [-0.2, -0.15) is 18.4 Å². The van der Waals surface area contributed by atoms with E-state index in [1.54, 1.807) is 50.6 Å². The number of ether oxygens (including phenoxy) is 2. The van der Waals surface area contributed by atoms with Gasteiger partial charge in [-0.05, 0) is 60.7 Å². The van der Waals surface area contributed by atoms with E-state index in [9.17, 15) is 18.0 Å². The maximum atomic E-state index is 13.5. The minimum absolute atomic E-state index is 0.0393. The monoisotopic (exact) mass is 487 g/mol. The zero-order valence-electron chi connectivity index (χ0n) is 19.8. The van der Waals surface area contributed by atoms with Crippen molar-refractivity contribution in [1.82, 2.24) is 4.90 Å². The summed E-state index contributed by atoms with van der Waals surface area (Å²) < 4.78 is 51.2. The third-order valence-electron chi connectivity index (χ3n) is 7.36. The average molecular weight is 488 g/mol. The van der Waals surface area contributed by atoms with E-state index >= 15 is 0 Å². The molecule has 1 atom stereocenters. The number of carbonyl (C=O) groups is 1. The van der Waals surface area contributed by atoms with Crippen LogP contribution in [-0.4, -0.2) is 57.8 Å². The minimum atomic E-state index is -4.60. The van der Waals surface area contributed by atoms with Crippen LogP contribution in [0, 0.1) is 22.7 Å². The van der Waals surface area contributed by atoms with Gasteiger partial charge in [0.25, 0.3) is 5.91 Å². The summed E-state index contributed by atoms with van der Waals surface area (Å²) in [7, 11) is 3.20. The largest absolute Gasteiger partial charge is 0.497 e. The van der Waals surface area contributed by atoms with Gasteiger partial charge in [0.1, 0.15) is 5.75 Å². The Balaban J connectivity index is 1.51. The standard InChI is InChI=1S/C26H28F3N3O3/c1-34-16-20-15-32(21-6-3-19(14-30)23(13-21)26(27,28)29)17-25(20)9-11-31(12-10-25)24(33)18-4-7-22(35-2)8-5-18/h3-8,13,20H,9-12,15-17H2,1-2H3. The predicted octanol–water partition coefficient (Wildman–Crippen LogP) is 4.59. The smallest absolute Gasteiger partial charge is 0.417 e. The maximum absolute atomic E-state index is 13.5. The number of piperidine rings is 1. The first-order valence-electron chi connectivity index (χ1n) is 11.5. The highest BCUT2D eigenvalue weighted by Gasteiger charge is 2.49. The Morgan fingerprint density at radius 3 is 2.40 bits per heavy atom. The number of rotatable bonds is 5. The minimum Gasteiger partial charge on any atom is -0.497 e. The van der Waals surface area contributed by atoms with Crippen LogP contribution in [-0.2, 0) is 10.9 Å². The number of amides is 1. The van der Waals surface area contributed by atoms with Crippen LogP contribution in [0.3, 0.4) is 0 Å². The molecule has 186 valence electrons. The summed E-state index contributed by atoms with van der Waals surface area (Å²) in [6, 6.07) is 12.6. The molecule has 2 saturated heterocycles. The number of anilines is 1. The molecule has 0 aliphatic carbocycles. The van der Waals surface area contributed by atoms with Crippen LogP contribution < -0.4 is 9.64 Å². The third-order valence-corrected chi connectivity index (χ3v) is 7.36. The summed E-state index contributed by atoms with van der Waals surface area (Å²) >= 11 is 0. The van der Waals surface area contributed by atoms with Crippen LogP contribution in [0.4, 0.5) is 18.9 Å². The van der Waals surface area contributed by atoms with E-state index < -0.39 is 11.7 Å². The molecule has 0 aromatic heterocycles. The zero-order chi connectivity index (χ0) is 25.2. The fourth-order valence-electron chi connectivity index (χ4n) is 5.36. The highest BCUT2D eigenvalue weighted by molar-refractivity contribution is 5.94. The van der Waals surface area contributed by atoms with Crippen molar-refractivity contribution in [3.8, 4) is 11.8 Å². The summed E-state index contributed by atoms with van der Waals surface area (Å²) in [4.78, 5) is 16.8. The molecule has 1 amide bonds. The quantitative estimate of drug-likeness (QED) is 0.617. The van der Waals surface area contributed by atoms with Crippen molar-refractivity contribution >= 4 is 11.6 Å². The molecule has 4 rings (SSSR count). The molecule has 1 unspecified atom stereocenters. The van der Waals surface area contributed by atoms with Gasteiger partial charge in [-0.25, -0.2) is 0 Å². The van der Waals surface area contributed by atoms with Crippen LogP contribution >= 0.6 is 0 Å². The summed E-state index contributed by atoms with van der Waals surface area (Å²) in [5.74, 6) is 0.766. The first kappa shape index (κ1) is 24.9. The van der Waals surface area contributed by atoms with Gasteiger partial charge in [-0.1, -0.05) is 0 Å². The normalized spacial score (nSPS) is 19.6. The fraction of sp³-hybridized carbons (Fsp3) is 0.462. The number of carbonyl (C=O) groups excluding carboxylic acids is 1. The van der Waals surface area contributed by atoms with E-state index in [0.717, 1.165) is 18.9 Å². The molecule has 2 aliphatic rings. The van der Waals surface area contributed by atoms with Gasteiger partial charge in [0, 0.05) is 50.5 Å². The Morgan fingerprint density at radius 1 is 1.14 bits per heavy atom. The number of halogens is 3. The van der Waals surface area contributed by atoms with Gasteiger partial charge < -0.3 is 19.3 Å². The van der Waals surface area contributed by atoms with Crippen molar-refractivity contribution < 1.29 is 27.4 Å². The summed E-state index contributed by atoms with van der Waals surface area (Å²) in [5.41, 5.74) is -0.416. The molecule has 0 radical (unpaired) electrons. The molecule has 2 aliphatic heterocycles. The molecule has 35 heavy (non-hydrogen) atoms. The molecule has 0 bridgehead atoms. The van der Waals surface area contributed by atoms with Crippen LogP contribution in [0.2, 0.25) is 0 Å². The molecule has 0 saturated carbocycles. The van der Waals surface area contributed by atoms with Gasteiger partial charge in [0.15, 0.2) is 0 Å². The van der Waals surface area contributed by atoms with Crippen LogP contribution in [0.25, 0.3) is 0 Å². The second kappa shape index (κ2) is 9.78. The third kappa shape index (κ3) is 4.94. The number of nitrogens with zero attached hydrogens (tertiary/aromatic N) is 3. The van der Waals surface area contributed by atoms with Crippen LogP contribution in [0.1, 0.15) is 34.3 Å². The lowest BCUT2D eigenvalue weighted by molar-refractivity contribution is -0.137. The molecule has 2 heterocycles. The van der Waals surface area contributed by atoms with Crippen molar-refractivity contribution in [3.63, 3.8) is 0 Å². The Kier molecular flexibility index (Phi) is 6.95. The van der Waals surface area contributed by atoms with Gasteiger partial charge in [0.05, 0.1) is 30.9 Å². The maximum Gasteiger partial charge on any atom is 0.417 e. The molecule has 6 nitrogen and oxygen atoms in total. The van der Waals surface area contributed by atoms with Gasteiger partial charge in [-0.15, -0.1) is 0 Å². The van der Waals surface area contributed by atoms with Crippen molar-refractivity contribution in [2.24, 2.45) is 11.3 Å². The topological polar surface area (TPSA) is 65.8 Å². The van der Waals surface area contributed by atoms with E-state index in [0.29, 0.717) is 49.8 Å². The van der Waals surface area contributed by atoms with Gasteiger partial charge >= 0.3 is 6.18 Å². The lowest BCUT2D eigenvalue weighted by Gasteiger charge is -2.42. The molecular weight excluding hydrogens is 459 g/mol. The van der Waals surface area contributed by atoms with Gasteiger partial charge in [-0.3, -0.25) is 4.79 Å². The van der Waals surface area contributed by atoms with Crippen LogP contribution in [0.5, 0.6) is 5.75 Å². The van der Waals surface area contributed by atoms with E-state index in [4.69, 9.17) is 14.7 Å². The lowest BCUT2D eigenvalue weighted by Crippen LogP contribution is -2.47. The number of alkyl halides is 3. The molecular formula is C26H28F3N3O3. The fourth-order valence-corrected chi connectivity index (χ4v) is 5.36. The second-order valence-electron chi connectivity index (χ2n) is 9.26. The Bertz CT molecular complexity index is 1100. The SMILES string of the molecule is COCC1CN(c2ccc(C#N)c(C(F)(F)F)c2)CC12CCN(C(=O)c1ccc(OC)cc1)CC2. The van der Waals surface area contributed by atoms with Crippen LogP contribution in [0.15, 0.2) is 42.5 Å². The molecule has 1 spiro atoms. The first-order valence-corrected chi connectivity index (χ1v) is 11.5. The van der Waals surface area contributed by atoms with E-state index in [2.05, 4.69) is 0 Å². The molecule has 2 fully saturated rings. The second-order valence-corrected chi connectivity index (χ2v) is 9.26. The zero-order valence-corrected chi connectivity index (χ0v) is 19.8. The average Bonchev–Trinajstić information content (AvgIpc) is 3.20. The first-order chi connectivity index (χ1) is 16.7. The Labute approximate surface area is 202 Å². The highest BCUT2D eigenvalue weighted by atomic mass is 19.4. The van der Waals surface area contributed by atoms with Crippen molar-refractivity contribution in [2.75, 3.05) is 51.9 Å². The van der Waals surface area contributed by atoms with Gasteiger partial charge in [0.2, 0.25) is 0 Å². The van der Waals surface area contributed by atoms with Crippen molar-refractivity contribution in [3.05, 3.63) is 59.2 Å². The molecule has 2 aromatic carbocycles. The van der Waals surface area contributed by atoms with E-state index in [1.165, 1.54) is 6.07 Å². The highest BCUT2D eigenvalue weighted by Crippen LogP contribution is 2.47. The molecule has 0 N–H and O–H groups in total. The summed E-state index contributed by atoms with van der Waals surface area (Å²) in [6.07, 6.45) is -3.12. The number of likely N-dealkylation sites (tertiary alicyclic amines) is 1. The molecule has 2 aromatic rings. The number of methoxy groups -OCH3 is 2. The summed E-state index contributed by atoms with van der Waals surface area (Å²) in [6.45, 7) is 2.77. The lowest BCUT2D eigenvalue weighted by atomic mass is 9.71. The Morgan fingerprint density at radius 2 is 1.83 bits per heavy atom. The number of hydrogen-bond acceptors (Lipinski definition) is 5. The summed E-state index contributed by atoms with van der Waals surface area (Å²) in [5, 5.41) is 9.11.